The molecule has 3 nitrogen and oxygen atoms in total. The second-order valence-corrected chi connectivity index (χ2v) is 3.97. The first-order valence-corrected chi connectivity index (χ1v) is 7.49. The van der Waals surface area contributed by atoms with E-state index in [4.69, 9.17) is 8.68 Å². The van der Waals surface area contributed by atoms with Crippen LogP contribution in [0.3, 0.4) is 0 Å². The van der Waals surface area contributed by atoms with Crippen LogP contribution in [0.15, 0.2) is 0 Å². The van der Waals surface area contributed by atoms with Crippen molar-refractivity contribution in [2.75, 3.05) is 0 Å². The Balaban J connectivity index is 0. The van der Waals surface area contributed by atoms with Gasteiger partial charge in [0.25, 0.3) is 0 Å². The molecule has 0 radical (unpaired) electrons. The second kappa shape index (κ2) is 17.3. The topological polar surface area (TPSA) is 54.4 Å². The van der Waals surface area contributed by atoms with E-state index in [1.165, 1.54) is 44.9 Å². The number of carbonyl (C=O) groups is 1. The van der Waals surface area contributed by atoms with Crippen LogP contribution in [0.4, 0.5) is 0 Å². The number of rotatable bonds is 10. The molecule has 0 spiro atoms. The fraction of sp³-hybridized carbons (Fsp3) is 0.917. The molecule has 0 aliphatic carbocycles. The molecule has 92 valence electrons. The molecule has 0 aromatic carbocycles. The van der Waals surface area contributed by atoms with Crippen molar-refractivity contribution in [2.45, 2.75) is 71.1 Å². The van der Waals surface area contributed by atoms with Crippen molar-refractivity contribution in [3.05, 3.63) is 0 Å². The molecule has 0 aromatic rings. The van der Waals surface area contributed by atoms with E-state index in [1.54, 1.807) is 0 Å². The summed E-state index contributed by atoms with van der Waals surface area (Å²) < 4.78 is 8.38. The van der Waals surface area contributed by atoms with Crippen LogP contribution < -0.4 is 0 Å². The van der Waals surface area contributed by atoms with Crippen LogP contribution in [-0.2, 0) is 26.6 Å². The van der Waals surface area contributed by atoms with Gasteiger partial charge in [0.1, 0.15) is 0 Å². The van der Waals surface area contributed by atoms with Gasteiger partial charge in [-0.3, -0.25) is 4.79 Å². The number of hydrogen-bond donors (Lipinski definition) is 1. The molecule has 0 heterocycles. The molecule has 0 saturated heterocycles. The minimum atomic E-state index is -0.659. The molecule has 0 rings (SSSR count). The zero-order valence-corrected chi connectivity index (χ0v) is 13.5. The van der Waals surface area contributed by atoms with Gasteiger partial charge in [-0.1, -0.05) is 58.3 Å². The van der Waals surface area contributed by atoms with E-state index in [0.29, 0.717) is 6.42 Å². The summed E-state index contributed by atoms with van der Waals surface area (Å²) in [7, 11) is 0. The van der Waals surface area contributed by atoms with E-state index in [9.17, 15) is 4.79 Å². The van der Waals surface area contributed by atoms with Gasteiger partial charge in [-0.2, -0.15) is 0 Å². The molecule has 0 aromatic heterocycles. The Labute approximate surface area is 109 Å². The van der Waals surface area contributed by atoms with E-state index >= 15 is 0 Å². The molecule has 0 aliphatic rings. The van der Waals surface area contributed by atoms with Gasteiger partial charge in [0.15, 0.2) is 0 Å². The maximum absolute atomic E-state index is 10.2. The number of aliphatic carboxylic acids is 1. The third-order valence-electron chi connectivity index (χ3n) is 2.49. The summed E-state index contributed by atoms with van der Waals surface area (Å²) >= 11 is 0.125. The number of hydrogen-bond acceptors (Lipinski definition) is 2. The van der Waals surface area contributed by atoms with Crippen LogP contribution in [0, 0.1) is 0 Å². The summed E-state index contributed by atoms with van der Waals surface area (Å²) in [4.78, 5) is 10.2. The van der Waals surface area contributed by atoms with Crippen molar-refractivity contribution in [3.63, 3.8) is 0 Å². The molecular formula is C12H24O3Zn. The van der Waals surface area contributed by atoms with E-state index in [-0.39, 0.29) is 18.3 Å². The molecule has 0 atom stereocenters. The van der Waals surface area contributed by atoms with Gasteiger partial charge in [-0.15, -0.1) is 0 Å². The second-order valence-electron chi connectivity index (χ2n) is 3.97. The van der Waals surface area contributed by atoms with Gasteiger partial charge in [-0.25, -0.2) is 0 Å². The Morgan fingerprint density at radius 3 is 1.62 bits per heavy atom. The Morgan fingerprint density at radius 2 is 1.25 bits per heavy atom. The van der Waals surface area contributed by atoms with Gasteiger partial charge in [0, 0.05) is 6.42 Å². The summed E-state index contributed by atoms with van der Waals surface area (Å²) in [6.45, 7) is 2.23. The summed E-state index contributed by atoms with van der Waals surface area (Å²) in [5.41, 5.74) is 0. The van der Waals surface area contributed by atoms with Gasteiger partial charge < -0.3 is 5.11 Å². The van der Waals surface area contributed by atoms with Crippen LogP contribution in [0.1, 0.15) is 71.1 Å². The molecule has 0 amide bonds. The zero-order chi connectivity index (χ0) is 12.6. The van der Waals surface area contributed by atoms with E-state index in [2.05, 4.69) is 6.92 Å². The first-order valence-electron chi connectivity index (χ1n) is 6.28. The average Bonchev–Trinajstić information content (AvgIpc) is 2.29. The summed E-state index contributed by atoms with van der Waals surface area (Å²) in [5.74, 6) is -0.659. The molecule has 16 heavy (non-hydrogen) atoms. The first-order chi connectivity index (χ1) is 7.77. The SMILES string of the molecule is CCCCCCCCCCCC(=O)O.[O]=[Zn]. The molecule has 0 unspecified atom stereocenters. The summed E-state index contributed by atoms with van der Waals surface area (Å²) in [6, 6.07) is 0. The van der Waals surface area contributed by atoms with Crippen LogP contribution >= 0.6 is 0 Å². The molecule has 0 saturated carbocycles. The molecule has 4 heteroatoms. The van der Waals surface area contributed by atoms with Crippen LogP contribution in [-0.4, -0.2) is 11.1 Å². The molecule has 0 fully saturated rings. The summed E-state index contributed by atoms with van der Waals surface area (Å²) in [6.07, 6.45) is 11.5. The molecule has 1 N–H and O–H groups in total. The third-order valence-corrected chi connectivity index (χ3v) is 2.49. The quantitative estimate of drug-likeness (QED) is 0.488. The maximum atomic E-state index is 10.2. The van der Waals surface area contributed by atoms with Crippen molar-refractivity contribution < 1.29 is 31.7 Å². The average molecular weight is 282 g/mol. The Kier molecular flexibility index (Phi) is 19.7. The Bertz CT molecular complexity index is 151. The van der Waals surface area contributed by atoms with E-state index in [0.717, 1.165) is 12.8 Å². The third kappa shape index (κ3) is 19.5. The fourth-order valence-electron chi connectivity index (χ4n) is 1.59. The van der Waals surface area contributed by atoms with Gasteiger partial charge in [0.05, 0.1) is 0 Å². The van der Waals surface area contributed by atoms with Crippen LogP contribution in [0.5, 0.6) is 0 Å². The minimum absolute atomic E-state index is 0.125. The summed E-state index contributed by atoms with van der Waals surface area (Å²) in [5, 5.41) is 8.41. The van der Waals surface area contributed by atoms with E-state index in [1.807, 2.05) is 0 Å². The zero-order valence-electron chi connectivity index (χ0n) is 10.5. The van der Waals surface area contributed by atoms with Crippen molar-refractivity contribution in [3.8, 4) is 0 Å². The normalized spacial score (nSPS) is 9.44. The molecule has 0 bridgehead atoms. The van der Waals surface area contributed by atoms with Crippen molar-refractivity contribution in [1.82, 2.24) is 0 Å². The van der Waals surface area contributed by atoms with Crippen LogP contribution in [0.25, 0.3) is 0 Å². The van der Waals surface area contributed by atoms with Gasteiger partial charge in [-0.05, 0) is 6.42 Å². The van der Waals surface area contributed by atoms with Crippen molar-refractivity contribution >= 4 is 5.97 Å². The van der Waals surface area contributed by atoms with Crippen molar-refractivity contribution in [2.24, 2.45) is 0 Å². The fourth-order valence-corrected chi connectivity index (χ4v) is 1.59. The predicted molar refractivity (Wildman–Crippen MR) is 60.2 cm³/mol. The van der Waals surface area contributed by atoms with Crippen LogP contribution in [0.2, 0.25) is 0 Å². The van der Waals surface area contributed by atoms with E-state index < -0.39 is 5.97 Å². The standard InChI is InChI=1S/C12H24O2.O.Zn/c1-2-3-4-5-6-7-8-9-10-11-12(13)14;;/h2-11H2,1H3,(H,13,14);;. The Morgan fingerprint density at radius 1 is 0.875 bits per heavy atom. The first kappa shape index (κ1) is 18.3. The molecule has 0 aliphatic heterocycles. The number of unbranched alkanes of at least 4 members (excludes halogenated alkanes) is 8. The molecular weight excluding hydrogens is 258 g/mol. The number of carboxylic acids is 1. The van der Waals surface area contributed by atoms with Crippen molar-refractivity contribution in [1.29, 1.82) is 0 Å². The Hall–Kier alpha value is -0.107. The van der Waals surface area contributed by atoms with Gasteiger partial charge in [0.2, 0.25) is 0 Å². The number of carboxylic acid groups (broad SMARTS) is 1. The van der Waals surface area contributed by atoms with Gasteiger partial charge >= 0.3 is 27.8 Å². The monoisotopic (exact) mass is 280 g/mol. The predicted octanol–water partition coefficient (Wildman–Crippen LogP) is 3.87.